The number of nitrogens with zero attached hydrogens (tertiary/aromatic N) is 1. The molecule has 3 heterocycles. The Kier molecular flexibility index (Phi) is 3.25. The lowest BCUT2D eigenvalue weighted by Crippen LogP contribution is -2.58. The molecule has 0 radical (unpaired) electrons. The van der Waals surface area contributed by atoms with Crippen molar-refractivity contribution in [1.29, 1.82) is 0 Å². The van der Waals surface area contributed by atoms with Gasteiger partial charge in [-0.2, -0.15) is 0 Å². The zero-order chi connectivity index (χ0) is 14.4. The summed E-state index contributed by atoms with van der Waals surface area (Å²) in [6, 6.07) is 0. The zero-order valence-corrected chi connectivity index (χ0v) is 12.7. The van der Waals surface area contributed by atoms with Crippen LogP contribution in [0, 0.1) is 5.41 Å². The average Bonchev–Trinajstić information content (AvgIpc) is 3.14. The number of amides is 1. The highest BCUT2D eigenvalue weighted by atomic mass is 16.6. The molecule has 0 saturated carbocycles. The molecule has 0 aromatic rings. The minimum Gasteiger partial charge on any atom is -0.444 e. The summed E-state index contributed by atoms with van der Waals surface area (Å²) in [4.78, 5) is 14.2. The predicted octanol–water partition coefficient (Wildman–Crippen LogP) is 2.19. The summed E-state index contributed by atoms with van der Waals surface area (Å²) in [5, 5.41) is 0. The molecule has 5 nitrogen and oxygen atoms in total. The zero-order valence-electron chi connectivity index (χ0n) is 12.7. The second kappa shape index (κ2) is 4.60. The number of fused-ring (bicyclic) bond motifs is 1. The maximum absolute atomic E-state index is 12.3. The normalized spacial score (nSPS) is 32.5. The molecule has 0 aromatic heterocycles. The first-order valence-corrected chi connectivity index (χ1v) is 7.56. The number of ether oxygens (including phenoxy) is 3. The molecule has 0 aliphatic carbocycles. The van der Waals surface area contributed by atoms with Crippen LogP contribution in [0.1, 0.15) is 40.0 Å². The van der Waals surface area contributed by atoms with E-state index >= 15 is 0 Å². The molecule has 0 N–H and O–H groups in total. The van der Waals surface area contributed by atoms with E-state index < -0.39 is 5.60 Å². The van der Waals surface area contributed by atoms with Gasteiger partial charge in [0.15, 0.2) is 0 Å². The van der Waals surface area contributed by atoms with Crippen LogP contribution in [-0.4, -0.2) is 55.1 Å². The molecule has 5 heteroatoms. The van der Waals surface area contributed by atoms with E-state index in [1.165, 1.54) is 0 Å². The Morgan fingerprint density at radius 2 is 1.85 bits per heavy atom. The van der Waals surface area contributed by atoms with E-state index in [2.05, 4.69) is 0 Å². The van der Waals surface area contributed by atoms with E-state index in [1.54, 1.807) is 0 Å². The smallest absolute Gasteiger partial charge is 0.410 e. The standard InChI is InChI=1S/C15H25NO4/c1-13(2,3)20-12(17)16-7-4-15(11-19-15)14(10-16)5-8-18-9-6-14/h4-11H2,1-3H3. The first kappa shape index (κ1) is 14.1. The van der Waals surface area contributed by atoms with Crippen LogP contribution in [0.2, 0.25) is 0 Å². The Labute approximate surface area is 120 Å². The van der Waals surface area contributed by atoms with Crippen molar-refractivity contribution in [3.8, 4) is 0 Å². The molecule has 3 saturated heterocycles. The van der Waals surface area contributed by atoms with Crippen LogP contribution in [-0.2, 0) is 14.2 Å². The van der Waals surface area contributed by atoms with Crippen molar-refractivity contribution in [2.45, 2.75) is 51.2 Å². The Bertz CT molecular complexity index is 391. The quantitative estimate of drug-likeness (QED) is 0.639. The van der Waals surface area contributed by atoms with Gasteiger partial charge in [-0.25, -0.2) is 4.79 Å². The highest BCUT2D eigenvalue weighted by Crippen LogP contribution is 2.55. The highest BCUT2D eigenvalue weighted by molar-refractivity contribution is 5.68. The molecule has 20 heavy (non-hydrogen) atoms. The first-order valence-electron chi connectivity index (χ1n) is 7.56. The number of carbonyl (C=O) groups excluding carboxylic acids is 1. The molecule has 3 aliphatic rings. The van der Waals surface area contributed by atoms with E-state index in [-0.39, 0.29) is 17.1 Å². The number of carbonyl (C=O) groups is 1. The molecule has 3 aliphatic heterocycles. The summed E-state index contributed by atoms with van der Waals surface area (Å²) in [5.74, 6) is 0. The van der Waals surface area contributed by atoms with Crippen molar-refractivity contribution in [2.24, 2.45) is 5.41 Å². The third kappa shape index (κ3) is 2.42. The number of hydrogen-bond acceptors (Lipinski definition) is 4. The molecule has 3 fully saturated rings. The van der Waals surface area contributed by atoms with Gasteiger partial charge in [-0.3, -0.25) is 0 Å². The van der Waals surface area contributed by atoms with Gasteiger partial charge in [-0.15, -0.1) is 0 Å². The van der Waals surface area contributed by atoms with Gasteiger partial charge in [-0.1, -0.05) is 0 Å². The van der Waals surface area contributed by atoms with E-state index in [0.29, 0.717) is 0 Å². The Balaban J connectivity index is 1.72. The van der Waals surface area contributed by atoms with Crippen LogP contribution < -0.4 is 0 Å². The average molecular weight is 283 g/mol. The fourth-order valence-corrected chi connectivity index (χ4v) is 3.57. The molecule has 1 atom stereocenters. The third-order valence-corrected chi connectivity index (χ3v) is 4.84. The van der Waals surface area contributed by atoms with Gasteiger partial charge in [-0.05, 0) is 40.0 Å². The second-order valence-electron chi connectivity index (χ2n) is 7.33. The number of hydrogen-bond donors (Lipinski definition) is 0. The van der Waals surface area contributed by atoms with Crippen LogP contribution in [0.25, 0.3) is 0 Å². The minimum atomic E-state index is -0.439. The maximum atomic E-state index is 12.3. The van der Waals surface area contributed by atoms with Gasteiger partial charge >= 0.3 is 6.09 Å². The van der Waals surface area contributed by atoms with Gasteiger partial charge in [0.1, 0.15) is 11.2 Å². The number of rotatable bonds is 0. The molecule has 0 bridgehead atoms. The second-order valence-corrected chi connectivity index (χ2v) is 7.33. The third-order valence-electron chi connectivity index (χ3n) is 4.84. The number of piperidine rings is 1. The Hall–Kier alpha value is -0.810. The van der Waals surface area contributed by atoms with E-state index in [0.717, 1.165) is 52.2 Å². The largest absolute Gasteiger partial charge is 0.444 e. The van der Waals surface area contributed by atoms with Gasteiger partial charge in [0.25, 0.3) is 0 Å². The lowest BCUT2D eigenvalue weighted by molar-refractivity contribution is -0.0785. The van der Waals surface area contributed by atoms with Gasteiger partial charge in [0.2, 0.25) is 0 Å². The van der Waals surface area contributed by atoms with Crippen molar-refractivity contribution in [3.05, 3.63) is 0 Å². The van der Waals surface area contributed by atoms with Crippen molar-refractivity contribution < 1.29 is 19.0 Å². The lowest BCUT2D eigenvalue weighted by atomic mass is 9.66. The summed E-state index contributed by atoms with van der Waals surface area (Å²) < 4.78 is 16.8. The molecule has 2 spiro atoms. The van der Waals surface area contributed by atoms with Crippen molar-refractivity contribution in [2.75, 3.05) is 32.9 Å². The Morgan fingerprint density at radius 3 is 2.40 bits per heavy atom. The fraction of sp³-hybridized carbons (Fsp3) is 0.933. The summed E-state index contributed by atoms with van der Waals surface area (Å²) in [6.45, 7) is 9.58. The predicted molar refractivity (Wildman–Crippen MR) is 73.6 cm³/mol. The number of likely N-dealkylation sites (tertiary alicyclic amines) is 1. The van der Waals surface area contributed by atoms with Crippen molar-refractivity contribution in [3.63, 3.8) is 0 Å². The van der Waals surface area contributed by atoms with Gasteiger partial charge in [0.05, 0.1) is 6.61 Å². The SMILES string of the molecule is CC(C)(C)OC(=O)N1CCC2(CO2)C2(CCOCC2)C1. The molecule has 0 aromatic carbocycles. The van der Waals surface area contributed by atoms with Crippen LogP contribution in [0.4, 0.5) is 4.79 Å². The molecule has 1 unspecified atom stereocenters. The van der Waals surface area contributed by atoms with Crippen LogP contribution >= 0.6 is 0 Å². The van der Waals surface area contributed by atoms with Crippen molar-refractivity contribution in [1.82, 2.24) is 4.90 Å². The summed E-state index contributed by atoms with van der Waals surface area (Å²) in [5.41, 5.74) is -0.360. The molecular formula is C15H25NO4. The first-order chi connectivity index (χ1) is 9.36. The fourth-order valence-electron chi connectivity index (χ4n) is 3.57. The maximum Gasteiger partial charge on any atom is 0.410 e. The van der Waals surface area contributed by atoms with Gasteiger partial charge in [0, 0.05) is 31.7 Å². The summed E-state index contributed by atoms with van der Waals surface area (Å²) >= 11 is 0. The summed E-state index contributed by atoms with van der Waals surface area (Å²) in [7, 11) is 0. The minimum absolute atomic E-state index is 0.00922. The van der Waals surface area contributed by atoms with Crippen LogP contribution in [0.15, 0.2) is 0 Å². The number of epoxide rings is 1. The van der Waals surface area contributed by atoms with Crippen LogP contribution in [0.3, 0.4) is 0 Å². The lowest BCUT2D eigenvalue weighted by Gasteiger charge is -2.49. The van der Waals surface area contributed by atoms with Gasteiger partial charge < -0.3 is 19.1 Å². The van der Waals surface area contributed by atoms with E-state index in [9.17, 15) is 4.79 Å². The topological polar surface area (TPSA) is 51.3 Å². The Morgan fingerprint density at radius 1 is 1.20 bits per heavy atom. The molecular weight excluding hydrogens is 258 g/mol. The highest BCUT2D eigenvalue weighted by Gasteiger charge is 2.64. The molecule has 3 rings (SSSR count). The van der Waals surface area contributed by atoms with Crippen LogP contribution in [0.5, 0.6) is 0 Å². The van der Waals surface area contributed by atoms with Crippen molar-refractivity contribution >= 4 is 6.09 Å². The summed E-state index contributed by atoms with van der Waals surface area (Å²) in [6.07, 6.45) is 2.68. The molecule has 1 amide bonds. The molecule has 114 valence electrons. The monoisotopic (exact) mass is 283 g/mol. The van der Waals surface area contributed by atoms with E-state index in [4.69, 9.17) is 14.2 Å². The van der Waals surface area contributed by atoms with E-state index in [1.807, 2.05) is 25.7 Å².